The smallest absolute Gasteiger partial charge is 0.154 e. The van der Waals surface area contributed by atoms with Gasteiger partial charge in [0.25, 0.3) is 0 Å². The first-order valence-electron chi connectivity index (χ1n) is 4.86. The summed E-state index contributed by atoms with van der Waals surface area (Å²) in [7, 11) is 0. The molecule has 2 nitrogen and oxygen atoms in total. The van der Waals surface area contributed by atoms with Gasteiger partial charge in [0.1, 0.15) is 0 Å². The van der Waals surface area contributed by atoms with Crippen molar-refractivity contribution in [2.75, 3.05) is 13.2 Å². The van der Waals surface area contributed by atoms with Crippen LogP contribution in [0, 0.1) is 6.42 Å². The molecule has 12 heavy (non-hydrogen) atoms. The monoisotopic (exact) mass is 173 g/mol. The zero-order valence-electron chi connectivity index (χ0n) is 8.51. The maximum absolute atomic E-state index is 5.39. The van der Waals surface area contributed by atoms with E-state index in [0.717, 1.165) is 19.4 Å². The van der Waals surface area contributed by atoms with Crippen molar-refractivity contribution in [1.29, 1.82) is 0 Å². The minimum absolute atomic E-state index is 0.0562. The zero-order chi connectivity index (χ0) is 9.23. The molecule has 73 valence electrons. The van der Waals surface area contributed by atoms with Gasteiger partial charge in [0.2, 0.25) is 0 Å². The van der Waals surface area contributed by atoms with Crippen LogP contribution in [0.1, 0.15) is 40.0 Å². The van der Waals surface area contributed by atoms with E-state index >= 15 is 0 Å². The zero-order valence-corrected chi connectivity index (χ0v) is 8.51. The van der Waals surface area contributed by atoms with E-state index in [1.54, 1.807) is 0 Å². The Labute approximate surface area is 76.3 Å². The number of ether oxygens (including phenoxy) is 2. The molecule has 0 aliphatic heterocycles. The molecule has 0 rings (SSSR count). The van der Waals surface area contributed by atoms with Crippen LogP contribution in [0.2, 0.25) is 0 Å². The summed E-state index contributed by atoms with van der Waals surface area (Å²) in [6.07, 6.45) is 5.39. The molecule has 0 aliphatic carbocycles. The third-order valence-corrected chi connectivity index (χ3v) is 1.59. The Morgan fingerprint density at radius 2 is 2.00 bits per heavy atom. The SMILES string of the molecule is CC[CH]COC(C)OCCCC. The van der Waals surface area contributed by atoms with Crippen LogP contribution in [0.15, 0.2) is 0 Å². The highest BCUT2D eigenvalue weighted by atomic mass is 16.7. The van der Waals surface area contributed by atoms with Crippen LogP contribution in [0.3, 0.4) is 0 Å². The van der Waals surface area contributed by atoms with Crippen LogP contribution in [0.4, 0.5) is 0 Å². The summed E-state index contributed by atoms with van der Waals surface area (Å²) < 4.78 is 10.7. The lowest BCUT2D eigenvalue weighted by molar-refractivity contribution is -0.125. The number of unbranched alkanes of at least 4 members (excludes halogenated alkanes) is 2. The molecule has 0 aliphatic rings. The van der Waals surface area contributed by atoms with Gasteiger partial charge in [-0.25, -0.2) is 0 Å². The van der Waals surface area contributed by atoms with Crippen LogP contribution in [0.5, 0.6) is 0 Å². The molecular formula is C10H21O2. The number of rotatable bonds is 8. The maximum Gasteiger partial charge on any atom is 0.154 e. The third-order valence-electron chi connectivity index (χ3n) is 1.59. The van der Waals surface area contributed by atoms with Gasteiger partial charge in [-0.15, -0.1) is 0 Å². The Balaban J connectivity index is 3.04. The second-order valence-electron chi connectivity index (χ2n) is 2.82. The van der Waals surface area contributed by atoms with Crippen molar-refractivity contribution in [3.8, 4) is 0 Å². The van der Waals surface area contributed by atoms with Crippen LogP contribution < -0.4 is 0 Å². The van der Waals surface area contributed by atoms with Crippen LogP contribution in [0.25, 0.3) is 0 Å². The predicted molar refractivity (Wildman–Crippen MR) is 50.9 cm³/mol. The van der Waals surface area contributed by atoms with Gasteiger partial charge < -0.3 is 9.47 Å². The van der Waals surface area contributed by atoms with Gasteiger partial charge in [0.05, 0.1) is 6.61 Å². The lowest BCUT2D eigenvalue weighted by Crippen LogP contribution is -2.14. The summed E-state index contributed by atoms with van der Waals surface area (Å²) in [5.74, 6) is 0. The summed E-state index contributed by atoms with van der Waals surface area (Å²) in [4.78, 5) is 0. The second-order valence-corrected chi connectivity index (χ2v) is 2.82. The molecular weight excluding hydrogens is 152 g/mol. The van der Waals surface area contributed by atoms with Crippen molar-refractivity contribution in [2.24, 2.45) is 0 Å². The molecule has 0 N–H and O–H groups in total. The lowest BCUT2D eigenvalue weighted by atomic mass is 10.4. The highest BCUT2D eigenvalue weighted by molar-refractivity contribution is 4.58. The van der Waals surface area contributed by atoms with Gasteiger partial charge in [-0.05, 0) is 19.8 Å². The fraction of sp³-hybridized carbons (Fsp3) is 0.900. The molecule has 0 saturated heterocycles. The molecule has 0 heterocycles. The fourth-order valence-corrected chi connectivity index (χ4v) is 0.763. The molecule has 0 bridgehead atoms. The largest absolute Gasteiger partial charge is 0.353 e. The average molecular weight is 173 g/mol. The molecule has 0 saturated carbocycles. The Kier molecular flexibility index (Phi) is 8.95. The van der Waals surface area contributed by atoms with Crippen LogP contribution in [-0.2, 0) is 9.47 Å². The van der Waals surface area contributed by atoms with E-state index in [-0.39, 0.29) is 6.29 Å². The molecule has 0 spiro atoms. The normalized spacial score (nSPS) is 11.0. The van der Waals surface area contributed by atoms with Crippen molar-refractivity contribution >= 4 is 0 Å². The summed E-state index contributed by atoms with van der Waals surface area (Å²) in [6.45, 7) is 7.71. The predicted octanol–water partition coefficient (Wildman–Crippen LogP) is 2.78. The second kappa shape index (κ2) is 9.01. The summed E-state index contributed by atoms with van der Waals surface area (Å²) in [5, 5.41) is 0. The van der Waals surface area contributed by atoms with Gasteiger partial charge in [-0.2, -0.15) is 0 Å². The minimum atomic E-state index is -0.0562. The van der Waals surface area contributed by atoms with E-state index in [9.17, 15) is 0 Å². The molecule has 0 aromatic rings. The van der Waals surface area contributed by atoms with Crippen LogP contribution >= 0.6 is 0 Å². The van der Waals surface area contributed by atoms with Crippen molar-refractivity contribution < 1.29 is 9.47 Å². The Bertz CT molecular complexity index is 73.9. The van der Waals surface area contributed by atoms with Gasteiger partial charge in [0, 0.05) is 6.61 Å². The molecule has 2 heteroatoms. The molecule has 0 fully saturated rings. The van der Waals surface area contributed by atoms with E-state index < -0.39 is 0 Å². The Morgan fingerprint density at radius 3 is 2.58 bits per heavy atom. The van der Waals surface area contributed by atoms with Crippen molar-refractivity contribution in [3.05, 3.63) is 6.42 Å². The van der Waals surface area contributed by atoms with E-state index in [4.69, 9.17) is 9.47 Å². The van der Waals surface area contributed by atoms with E-state index in [0.29, 0.717) is 6.61 Å². The van der Waals surface area contributed by atoms with Crippen molar-refractivity contribution in [3.63, 3.8) is 0 Å². The van der Waals surface area contributed by atoms with E-state index in [1.807, 2.05) is 6.92 Å². The lowest BCUT2D eigenvalue weighted by Gasteiger charge is -2.13. The van der Waals surface area contributed by atoms with Gasteiger partial charge in [-0.1, -0.05) is 26.7 Å². The van der Waals surface area contributed by atoms with Gasteiger partial charge >= 0.3 is 0 Å². The summed E-state index contributed by atoms with van der Waals surface area (Å²) in [6, 6.07) is 0. The Hall–Kier alpha value is -0.0800. The molecule has 0 amide bonds. The quantitative estimate of drug-likeness (QED) is 0.415. The summed E-state index contributed by atoms with van der Waals surface area (Å²) >= 11 is 0. The number of hydrogen-bond donors (Lipinski definition) is 0. The molecule has 0 aromatic heterocycles. The maximum atomic E-state index is 5.39. The average Bonchev–Trinajstić information content (AvgIpc) is 2.06. The van der Waals surface area contributed by atoms with Crippen molar-refractivity contribution in [1.82, 2.24) is 0 Å². The first-order chi connectivity index (χ1) is 5.81. The molecule has 1 atom stereocenters. The minimum Gasteiger partial charge on any atom is -0.353 e. The van der Waals surface area contributed by atoms with Crippen molar-refractivity contribution in [2.45, 2.75) is 46.3 Å². The van der Waals surface area contributed by atoms with Gasteiger partial charge in [-0.3, -0.25) is 0 Å². The number of hydrogen-bond acceptors (Lipinski definition) is 2. The third kappa shape index (κ3) is 8.02. The first kappa shape index (κ1) is 11.9. The molecule has 1 radical (unpaired) electrons. The fourth-order valence-electron chi connectivity index (χ4n) is 0.763. The van der Waals surface area contributed by atoms with Crippen LogP contribution in [-0.4, -0.2) is 19.5 Å². The van der Waals surface area contributed by atoms with E-state index in [2.05, 4.69) is 20.3 Å². The highest BCUT2D eigenvalue weighted by Gasteiger charge is 1.99. The summed E-state index contributed by atoms with van der Waals surface area (Å²) in [5.41, 5.74) is 0. The first-order valence-corrected chi connectivity index (χ1v) is 4.86. The topological polar surface area (TPSA) is 18.5 Å². The Morgan fingerprint density at radius 1 is 1.25 bits per heavy atom. The van der Waals surface area contributed by atoms with E-state index in [1.165, 1.54) is 6.42 Å². The van der Waals surface area contributed by atoms with Gasteiger partial charge in [0.15, 0.2) is 6.29 Å². The molecule has 1 unspecified atom stereocenters. The molecule has 0 aromatic carbocycles. The standard InChI is InChI=1S/C10H21O2/c1-4-6-8-11-10(3)12-9-7-5-2/h6,10H,4-5,7-9H2,1-3H3. The highest BCUT2D eigenvalue weighted by Crippen LogP contribution is 1.98.